The highest BCUT2D eigenvalue weighted by Gasteiger charge is 2.09. The van der Waals surface area contributed by atoms with E-state index in [0.717, 1.165) is 16.9 Å². The molecular formula is C25H20N4O3. The lowest BCUT2D eigenvalue weighted by atomic mass is 10.1. The van der Waals surface area contributed by atoms with Gasteiger partial charge in [-0.15, -0.1) is 0 Å². The summed E-state index contributed by atoms with van der Waals surface area (Å²) in [4.78, 5) is 32.2. The number of amides is 1. The Bertz CT molecular complexity index is 1240. The van der Waals surface area contributed by atoms with E-state index < -0.39 is 5.97 Å². The Balaban J connectivity index is 1.42. The Morgan fingerprint density at radius 1 is 0.812 bits per heavy atom. The van der Waals surface area contributed by atoms with Gasteiger partial charge < -0.3 is 15.4 Å². The van der Waals surface area contributed by atoms with Crippen LogP contribution in [0.2, 0.25) is 0 Å². The van der Waals surface area contributed by atoms with Gasteiger partial charge in [0.25, 0.3) is 5.91 Å². The third-order valence-corrected chi connectivity index (χ3v) is 4.51. The van der Waals surface area contributed by atoms with E-state index in [1.54, 1.807) is 30.3 Å². The molecule has 0 fully saturated rings. The van der Waals surface area contributed by atoms with Crippen LogP contribution in [0, 0.1) is 0 Å². The summed E-state index contributed by atoms with van der Waals surface area (Å²) in [6, 6.07) is 25.5. The van der Waals surface area contributed by atoms with Crippen LogP contribution in [0.1, 0.15) is 17.3 Å². The van der Waals surface area contributed by atoms with Crippen LogP contribution < -0.4 is 15.4 Å². The zero-order chi connectivity index (χ0) is 22.3. The molecule has 0 saturated carbocycles. The Morgan fingerprint density at radius 3 is 2.31 bits per heavy atom. The van der Waals surface area contributed by atoms with Gasteiger partial charge >= 0.3 is 5.97 Å². The molecule has 158 valence electrons. The first kappa shape index (κ1) is 20.7. The molecule has 7 nitrogen and oxygen atoms in total. The van der Waals surface area contributed by atoms with Gasteiger partial charge in [-0.3, -0.25) is 9.59 Å². The van der Waals surface area contributed by atoms with Crippen molar-refractivity contribution in [1.29, 1.82) is 0 Å². The molecule has 0 unspecified atom stereocenters. The summed E-state index contributed by atoms with van der Waals surface area (Å²) >= 11 is 0. The quantitative estimate of drug-likeness (QED) is 0.332. The lowest BCUT2D eigenvalue weighted by Crippen LogP contribution is -2.12. The minimum Gasteiger partial charge on any atom is -0.427 e. The molecule has 0 atom stereocenters. The predicted octanol–water partition coefficient (Wildman–Crippen LogP) is 5.06. The first-order valence-corrected chi connectivity index (χ1v) is 9.91. The SMILES string of the molecule is CC(=O)Oc1cccc(C(=O)Nc2ccc(Nc3cc(-c4ccccc4)ncn3)cc2)c1. The van der Waals surface area contributed by atoms with E-state index >= 15 is 0 Å². The van der Waals surface area contributed by atoms with Crippen LogP contribution >= 0.6 is 0 Å². The third-order valence-electron chi connectivity index (χ3n) is 4.51. The van der Waals surface area contributed by atoms with Crippen molar-refractivity contribution in [3.63, 3.8) is 0 Å². The summed E-state index contributed by atoms with van der Waals surface area (Å²) in [6.07, 6.45) is 1.52. The van der Waals surface area contributed by atoms with Crippen LogP contribution in [0.3, 0.4) is 0 Å². The molecule has 7 heteroatoms. The monoisotopic (exact) mass is 424 g/mol. The second-order valence-electron chi connectivity index (χ2n) is 6.93. The molecule has 0 aliphatic rings. The van der Waals surface area contributed by atoms with E-state index in [-0.39, 0.29) is 5.91 Å². The van der Waals surface area contributed by atoms with Crippen molar-refractivity contribution in [2.24, 2.45) is 0 Å². The normalized spacial score (nSPS) is 10.3. The van der Waals surface area contributed by atoms with Gasteiger partial charge in [-0.2, -0.15) is 0 Å². The second-order valence-corrected chi connectivity index (χ2v) is 6.93. The van der Waals surface area contributed by atoms with Crippen LogP contribution in [-0.4, -0.2) is 21.8 Å². The third kappa shape index (κ3) is 5.34. The summed E-state index contributed by atoms with van der Waals surface area (Å²) in [5, 5.41) is 6.07. The Morgan fingerprint density at radius 2 is 1.56 bits per heavy atom. The van der Waals surface area contributed by atoms with Crippen LogP contribution in [0.5, 0.6) is 5.75 Å². The highest BCUT2D eigenvalue weighted by Crippen LogP contribution is 2.22. The second kappa shape index (κ2) is 9.53. The van der Waals surface area contributed by atoms with E-state index in [1.165, 1.54) is 19.3 Å². The molecule has 0 spiro atoms. The maximum Gasteiger partial charge on any atom is 0.308 e. The lowest BCUT2D eigenvalue weighted by Gasteiger charge is -2.10. The average Bonchev–Trinajstić information content (AvgIpc) is 2.81. The van der Waals surface area contributed by atoms with Crippen LogP contribution in [0.25, 0.3) is 11.3 Å². The summed E-state index contributed by atoms with van der Waals surface area (Å²) in [5.41, 5.74) is 3.67. The highest BCUT2D eigenvalue weighted by atomic mass is 16.5. The maximum atomic E-state index is 12.5. The number of rotatable bonds is 6. The van der Waals surface area contributed by atoms with E-state index in [9.17, 15) is 9.59 Å². The lowest BCUT2D eigenvalue weighted by molar-refractivity contribution is -0.131. The Hall–Kier alpha value is -4.52. The molecular weight excluding hydrogens is 404 g/mol. The van der Waals surface area contributed by atoms with Crippen molar-refractivity contribution in [3.8, 4) is 17.0 Å². The van der Waals surface area contributed by atoms with Gasteiger partial charge in [0.1, 0.15) is 17.9 Å². The van der Waals surface area contributed by atoms with Crippen LogP contribution in [0.4, 0.5) is 17.2 Å². The molecule has 0 bridgehead atoms. The van der Waals surface area contributed by atoms with Gasteiger partial charge in [-0.25, -0.2) is 9.97 Å². The summed E-state index contributed by atoms with van der Waals surface area (Å²) < 4.78 is 5.03. The molecule has 32 heavy (non-hydrogen) atoms. The topological polar surface area (TPSA) is 93.2 Å². The van der Waals surface area contributed by atoms with Gasteiger partial charge in [0, 0.05) is 35.5 Å². The number of benzene rings is 3. The number of anilines is 3. The summed E-state index contributed by atoms with van der Waals surface area (Å²) in [6.45, 7) is 1.31. The van der Waals surface area contributed by atoms with Gasteiger partial charge in [-0.1, -0.05) is 36.4 Å². The molecule has 4 aromatic rings. The van der Waals surface area contributed by atoms with Gasteiger partial charge in [0.15, 0.2) is 0 Å². The van der Waals surface area contributed by atoms with Crippen LogP contribution in [-0.2, 0) is 4.79 Å². The van der Waals surface area contributed by atoms with Gasteiger partial charge in [-0.05, 0) is 42.5 Å². The first-order valence-electron chi connectivity index (χ1n) is 9.91. The molecule has 1 aromatic heterocycles. The largest absolute Gasteiger partial charge is 0.427 e. The van der Waals surface area contributed by atoms with Gasteiger partial charge in [0.05, 0.1) is 5.69 Å². The van der Waals surface area contributed by atoms with Crippen molar-refractivity contribution in [2.75, 3.05) is 10.6 Å². The fraction of sp³-hybridized carbons (Fsp3) is 0.0400. The Kier molecular flexibility index (Phi) is 6.17. The first-order chi connectivity index (χ1) is 15.6. The van der Waals surface area contributed by atoms with Crippen LogP contribution in [0.15, 0.2) is 91.3 Å². The molecule has 0 saturated heterocycles. The van der Waals surface area contributed by atoms with Crippen molar-refractivity contribution in [3.05, 3.63) is 96.8 Å². The number of hydrogen-bond donors (Lipinski definition) is 2. The molecule has 2 N–H and O–H groups in total. The number of carbonyl (C=O) groups is 2. The van der Waals surface area contributed by atoms with Crippen molar-refractivity contribution in [2.45, 2.75) is 6.92 Å². The van der Waals surface area contributed by atoms with E-state index in [0.29, 0.717) is 22.8 Å². The number of carbonyl (C=O) groups excluding carboxylic acids is 2. The smallest absolute Gasteiger partial charge is 0.308 e. The van der Waals surface area contributed by atoms with E-state index in [2.05, 4.69) is 20.6 Å². The molecule has 1 amide bonds. The predicted molar refractivity (Wildman–Crippen MR) is 123 cm³/mol. The Labute approximate surface area is 185 Å². The van der Waals surface area contributed by atoms with Crippen molar-refractivity contribution in [1.82, 2.24) is 9.97 Å². The van der Waals surface area contributed by atoms with E-state index in [4.69, 9.17) is 4.74 Å². The number of ether oxygens (including phenoxy) is 1. The minimum atomic E-state index is -0.440. The summed E-state index contributed by atoms with van der Waals surface area (Å²) in [5.74, 6) is 0.246. The van der Waals surface area contributed by atoms with E-state index in [1.807, 2.05) is 48.5 Å². The molecule has 0 aliphatic carbocycles. The highest BCUT2D eigenvalue weighted by molar-refractivity contribution is 6.04. The number of esters is 1. The van der Waals surface area contributed by atoms with Crippen molar-refractivity contribution >= 4 is 29.1 Å². The molecule has 0 radical (unpaired) electrons. The minimum absolute atomic E-state index is 0.303. The molecule has 0 aliphatic heterocycles. The summed E-state index contributed by atoms with van der Waals surface area (Å²) in [7, 11) is 0. The van der Waals surface area contributed by atoms with Crippen molar-refractivity contribution < 1.29 is 14.3 Å². The molecule has 3 aromatic carbocycles. The van der Waals surface area contributed by atoms with Gasteiger partial charge in [0.2, 0.25) is 0 Å². The average molecular weight is 424 g/mol. The molecule has 4 rings (SSSR count). The zero-order valence-corrected chi connectivity index (χ0v) is 17.3. The number of nitrogens with one attached hydrogen (secondary N) is 2. The number of aromatic nitrogens is 2. The maximum absolute atomic E-state index is 12.5. The number of hydrogen-bond acceptors (Lipinski definition) is 6. The fourth-order valence-electron chi connectivity index (χ4n) is 3.05. The zero-order valence-electron chi connectivity index (χ0n) is 17.3. The fourth-order valence-corrected chi connectivity index (χ4v) is 3.05. The number of nitrogens with zero attached hydrogens (tertiary/aromatic N) is 2. The molecule has 1 heterocycles. The standard InChI is InChI=1S/C25H20N4O3/c1-17(30)32-22-9-5-8-19(14-22)25(31)29-21-12-10-20(11-13-21)28-24-15-23(26-16-27-24)18-6-3-2-4-7-18/h2-16H,1H3,(H,29,31)(H,26,27,28).